The lowest BCUT2D eigenvalue weighted by Gasteiger charge is -2.30. The number of carbonyl (C=O) groups excluding carboxylic acids is 2. The van der Waals surface area contributed by atoms with Gasteiger partial charge < -0.3 is 14.8 Å². The van der Waals surface area contributed by atoms with E-state index in [4.69, 9.17) is 9.47 Å². The first kappa shape index (κ1) is 22.7. The lowest BCUT2D eigenvalue weighted by Crippen LogP contribution is -2.47. The van der Waals surface area contributed by atoms with Crippen LogP contribution >= 0.6 is 0 Å². The van der Waals surface area contributed by atoms with E-state index in [1.54, 1.807) is 12.4 Å². The van der Waals surface area contributed by atoms with Gasteiger partial charge in [0.25, 0.3) is 0 Å². The summed E-state index contributed by atoms with van der Waals surface area (Å²) < 4.78 is 11.1. The molecule has 7 heteroatoms. The van der Waals surface area contributed by atoms with Gasteiger partial charge >= 0.3 is 12.1 Å². The molecule has 4 rings (SSSR count). The number of nitrogens with one attached hydrogen (secondary N) is 1. The Labute approximate surface area is 193 Å². The molecule has 1 N–H and O–H groups in total. The Kier molecular flexibility index (Phi) is 7.50. The summed E-state index contributed by atoms with van der Waals surface area (Å²) in [7, 11) is 0. The van der Waals surface area contributed by atoms with Crippen LogP contribution in [0.1, 0.15) is 43.2 Å². The lowest BCUT2D eigenvalue weighted by molar-refractivity contribution is -0.142. The van der Waals surface area contributed by atoms with Gasteiger partial charge in [-0.2, -0.15) is 0 Å². The minimum Gasteiger partial charge on any atom is -0.478 e. The standard InChI is InChI=1S/C26H29N3O4/c30-24(33-25(31)29-19-21-12-13-21)26(23-28-16-17-32-23,22-10-4-1-5-11-22)14-6-2-3-8-20-9-7-15-27-18-20/h1,3-5,7-11,15,18,21H,2,6,12-14,16-17,19H2,(H,29,31). The molecule has 1 unspecified atom stereocenters. The summed E-state index contributed by atoms with van der Waals surface area (Å²) in [5.74, 6) is 0.157. The van der Waals surface area contributed by atoms with Crippen LogP contribution in [0.25, 0.3) is 6.08 Å². The maximum Gasteiger partial charge on any atom is 0.414 e. The van der Waals surface area contributed by atoms with Gasteiger partial charge in [-0.05, 0) is 55.2 Å². The predicted octanol–water partition coefficient (Wildman–Crippen LogP) is 4.29. The van der Waals surface area contributed by atoms with Crippen LogP contribution in [0.2, 0.25) is 0 Å². The second-order valence-electron chi connectivity index (χ2n) is 8.39. The fourth-order valence-electron chi connectivity index (χ4n) is 3.93. The molecule has 0 radical (unpaired) electrons. The first-order valence-corrected chi connectivity index (χ1v) is 11.5. The number of rotatable bonds is 10. The molecule has 2 heterocycles. The number of allylic oxidation sites excluding steroid dienone is 1. The number of hydrogen-bond donors (Lipinski definition) is 1. The minimum atomic E-state index is -1.27. The fraction of sp³-hybridized carbons (Fsp3) is 0.385. The number of nitrogens with zero attached hydrogens (tertiary/aromatic N) is 2. The Balaban J connectivity index is 1.52. The molecule has 1 saturated carbocycles. The normalized spacial score (nSPS) is 17.2. The van der Waals surface area contributed by atoms with Gasteiger partial charge in [0.15, 0.2) is 5.41 Å². The van der Waals surface area contributed by atoms with E-state index in [0.717, 1.165) is 24.8 Å². The number of ether oxygens (including phenoxy) is 2. The molecule has 1 amide bonds. The highest BCUT2D eigenvalue weighted by Crippen LogP contribution is 2.36. The number of carbonyl (C=O) groups is 2. The van der Waals surface area contributed by atoms with Gasteiger partial charge in [-0.1, -0.05) is 48.6 Å². The summed E-state index contributed by atoms with van der Waals surface area (Å²) in [5, 5.41) is 2.70. The molecular formula is C26H29N3O4. The summed E-state index contributed by atoms with van der Waals surface area (Å²) in [4.78, 5) is 34.5. The third kappa shape index (κ3) is 5.86. The molecule has 1 aromatic carbocycles. The molecule has 33 heavy (non-hydrogen) atoms. The second-order valence-corrected chi connectivity index (χ2v) is 8.39. The average molecular weight is 448 g/mol. The van der Waals surface area contributed by atoms with Crippen molar-refractivity contribution in [2.75, 3.05) is 19.7 Å². The summed E-state index contributed by atoms with van der Waals surface area (Å²) in [6.07, 6.45) is 10.9. The molecule has 172 valence electrons. The first-order chi connectivity index (χ1) is 16.2. The highest BCUT2D eigenvalue weighted by molar-refractivity contribution is 6.11. The SMILES string of the molecule is O=C(NCC1CC1)OC(=O)C(CCCC=Cc1cccnc1)(C1=NCCO1)c1ccccc1. The predicted molar refractivity (Wildman–Crippen MR) is 126 cm³/mol. The Morgan fingerprint density at radius 2 is 2.03 bits per heavy atom. The number of unbranched alkanes of at least 4 members (excludes halogenated alkanes) is 1. The molecule has 1 atom stereocenters. The van der Waals surface area contributed by atoms with E-state index in [9.17, 15) is 9.59 Å². The van der Waals surface area contributed by atoms with Crippen LogP contribution < -0.4 is 5.32 Å². The molecule has 2 aromatic rings. The van der Waals surface area contributed by atoms with E-state index < -0.39 is 17.5 Å². The van der Waals surface area contributed by atoms with Crippen molar-refractivity contribution in [3.63, 3.8) is 0 Å². The van der Waals surface area contributed by atoms with Crippen molar-refractivity contribution < 1.29 is 19.1 Å². The Morgan fingerprint density at radius 3 is 2.73 bits per heavy atom. The molecule has 7 nitrogen and oxygen atoms in total. The number of aliphatic imine (C=N–C) groups is 1. The number of aromatic nitrogens is 1. The van der Waals surface area contributed by atoms with E-state index in [1.807, 2.05) is 48.5 Å². The van der Waals surface area contributed by atoms with Crippen molar-refractivity contribution in [3.8, 4) is 0 Å². The zero-order chi connectivity index (χ0) is 22.9. The highest BCUT2D eigenvalue weighted by atomic mass is 16.6. The minimum absolute atomic E-state index is 0.324. The molecule has 0 bridgehead atoms. The third-order valence-corrected chi connectivity index (χ3v) is 5.90. The molecule has 1 aromatic heterocycles. The van der Waals surface area contributed by atoms with E-state index in [2.05, 4.69) is 21.4 Å². The first-order valence-electron chi connectivity index (χ1n) is 11.5. The van der Waals surface area contributed by atoms with E-state index in [0.29, 0.717) is 49.9 Å². The van der Waals surface area contributed by atoms with Gasteiger partial charge in [0.2, 0.25) is 5.90 Å². The van der Waals surface area contributed by atoms with Crippen molar-refractivity contribution in [3.05, 3.63) is 72.1 Å². The van der Waals surface area contributed by atoms with Gasteiger partial charge in [-0.15, -0.1) is 0 Å². The monoisotopic (exact) mass is 447 g/mol. The molecular weight excluding hydrogens is 418 g/mol. The van der Waals surface area contributed by atoms with Crippen LogP contribution in [-0.4, -0.2) is 42.6 Å². The smallest absolute Gasteiger partial charge is 0.414 e. The molecule has 1 aliphatic heterocycles. The fourth-order valence-corrected chi connectivity index (χ4v) is 3.93. The Bertz CT molecular complexity index is 1000. The number of benzene rings is 1. The van der Waals surface area contributed by atoms with Gasteiger partial charge in [0, 0.05) is 18.9 Å². The number of esters is 1. The van der Waals surface area contributed by atoms with Crippen LogP contribution in [0, 0.1) is 5.92 Å². The maximum atomic E-state index is 13.5. The van der Waals surface area contributed by atoms with Gasteiger partial charge in [-0.3, -0.25) is 9.98 Å². The summed E-state index contributed by atoms with van der Waals surface area (Å²) in [6.45, 7) is 1.42. The summed E-state index contributed by atoms with van der Waals surface area (Å²) in [6, 6.07) is 13.2. The number of pyridine rings is 1. The third-order valence-electron chi connectivity index (χ3n) is 5.90. The number of hydrogen-bond acceptors (Lipinski definition) is 6. The molecule has 0 saturated heterocycles. The van der Waals surface area contributed by atoms with Crippen LogP contribution in [-0.2, 0) is 19.7 Å². The van der Waals surface area contributed by atoms with Crippen molar-refractivity contribution >= 4 is 24.0 Å². The van der Waals surface area contributed by atoms with Crippen LogP contribution in [0.4, 0.5) is 4.79 Å². The van der Waals surface area contributed by atoms with Crippen LogP contribution in [0.3, 0.4) is 0 Å². The molecule has 0 spiro atoms. The highest BCUT2D eigenvalue weighted by Gasteiger charge is 2.49. The van der Waals surface area contributed by atoms with Crippen LogP contribution in [0.15, 0.2) is 65.9 Å². The molecule has 2 aliphatic rings. The van der Waals surface area contributed by atoms with Crippen molar-refractivity contribution in [1.82, 2.24) is 10.3 Å². The molecule has 1 aliphatic carbocycles. The maximum absolute atomic E-state index is 13.5. The van der Waals surface area contributed by atoms with E-state index in [1.165, 1.54) is 0 Å². The average Bonchev–Trinajstić information content (AvgIpc) is 3.52. The number of alkyl carbamates (subject to hydrolysis) is 1. The van der Waals surface area contributed by atoms with Gasteiger partial charge in [-0.25, -0.2) is 9.59 Å². The van der Waals surface area contributed by atoms with Crippen molar-refractivity contribution in [2.24, 2.45) is 10.9 Å². The summed E-state index contributed by atoms with van der Waals surface area (Å²) in [5.41, 5.74) is 0.459. The van der Waals surface area contributed by atoms with Gasteiger partial charge in [0.1, 0.15) is 6.61 Å². The van der Waals surface area contributed by atoms with E-state index in [-0.39, 0.29) is 0 Å². The largest absolute Gasteiger partial charge is 0.478 e. The second kappa shape index (κ2) is 10.9. The number of amides is 1. The Hall–Kier alpha value is -3.48. The zero-order valence-electron chi connectivity index (χ0n) is 18.6. The van der Waals surface area contributed by atoms with Gasteiger partial charge in [0.05, 0.1) is 6.54 Å². The van der Waals surface area contributed by atoms with Crippen molar-refractivity contribution in [1.29, 1.82) is 0 Å². The quantitative estimate of drug-likeness (QED) is 0.333. The van der Waals surface area contributed by atoms with Crippen molar-refractivity contribution in [2.45, 2.75) is 37.5 Å². The topological polar surface area (TPSA) is 89.9 Å². The Morgan fingerprint density at radius 1 is 1.18 bits per heavy atom. The lowest BCUT2D eigenvalue weighted by atomic mass is 9.75. The van der Waals surface area contributed by atoms with Crippen LogP contribution in [0.5, 0.6) is 0 Å². The molecule has 1 fully saturated rings. The van der Waals surface area contributed by atoms with E-state index >= 15 is 0 Å². The summed E-state index contributed by atoms with van der Waals surface area (Å²) >= 11 is 0. The zero-order valence-corrected chi connectivity index (χ0v) is 18.6.